The van der Waals surface area contributed by atoms with E-state index in [0.717, 1.165) is 11.5 Å². The summed E-state index contributed by atoms with van der Waals surface area (Å²) in [6.45, 7) is 4.12. The molecule has 0 spiro atoms. The van der Waals surface area contributed by atoms with Crippen LogP contribution in [0, 0.1) is 13.8 Å². The van der Waals surface area contributed by atoms with Gasteiger partial charge in [0, 0.05) is 23.6 Å². The molecule has 0 radical (unpaired) electrons. The molecule has 1 aromatic heterocycles. The van der Waals surface area contributed by atoms with E-state index < -0.39 is 0 Å². The third-order valence-electron chi connectivity index (χ3n) is 3.77. The third kappa shape index (κ3) is 3.79. The van der Waals surface area contributed by atoms with Crippen molar-refractivity contribution in [3.8, 4) is 11.5 Å². The Labute approximate surface area is 141 Å². The van der Waals surface area contributed by atoms with Crippen molar-refractivity contribution in [3.63, 3.8) is 0 Å². The van der Waals surface area contributed by atoms with Gasteiger partial charge in [-0.05, 0) is 73.5 Å². The number of carbonyl (C=O) groups excluding carboxylic acids is 1. The first kappa shape index (κ1) is 15.7. The number of anilines is 1. The quantitative estimate of drug-likeness (QED) is 0.755. The van der Waals surface area contributed by atoms with E-state index in [4.69, 9.17) is 4.74 Å². The molecular weight excluding hydrogens is 300 g/mol. The minimum absolute atomic E-state index is 0.166. The fraction of sp³-hybridized carbons (Fsp3) is 0.100. The molecule has 3 rings (SSSR count). The predicted molar refractivity (Wildman–Crippen MR) is 94.6 cm³/mol. The SMILES string of the molecule is Cc1ccc(Oc2ccc(NC(=O)c3ccncc3)cc2)cc1C. The van der Waals surface area contributed by atoms with E-state index >= 15 is 0 Å². The van der Waals surface area contributed by atoms with Gasteiger partial charge in [-0.2, -0.15) is 0 Å². The highest BCUT2D eigenvalue weighted by molar-refractivity contribution is 6.04. The first-order valence-corrected chi connectivity index (χ1v) is 7.68. The highest BCUT2D eigenvalue weighted by atomic mass is 16.5. The van der Waals surface area contributed by atoms with Crippen LogP contribution in [-0.2, 0) is 0 Å². The minimum atomic E-state index is -0.166. The Balaban J connectivity index is 1.67. The molecule has 120 valence electrons. The van der Waals surface area contributed by atoms with Crippen LogP contribution in [0.25, 0.3) is 0 Å². The second kappa shape index (κ2) is 6.96. The standard InChI is InChI=1S/C20H18N2O2/c1-14-3-6-19(13-15(14)2)24-18-7-4-17(5-8-18)22-20(23)16-9-11-21-12-10-16/h3-13H,1-2H3,(H,22,23). The van der Waals surface area contributed by atoms with Gasteiger partial charge in [-0.3, -0.25) is 9.78 Å². The van der Waals surface area contributed by atoms with Crippen molar-refractivity contribution in [1.82, 2.24) is 4.98 Å². The summed E-state index contributed by atoms with van der Waals surface area (Å²) in [5.41, 5.74) is 3.70. The number of ether oxygens (including phenoxy) is 1. The smallest absolute Gasteiger partial charge is 0.255 e. The Hall–Kier alpha value is -3.14. The van der Waals surface area contributed by atoms with Crippen molar-refractivity contribution in [2.75, 3.05) is 5.32 Å². The Morgan fingerprint density at radius 2 is 1.54 bits per heavy atom. The molecule has 2 aromatic carbocycles. The fourth-order valence-electron chi connectivity index (χ4n) is 2.23. The zero-order valence-corrected chi connectivity index (χ0v) is 13.6. The molecule has 0 aliphatic carbocycles. The van der Waals surface area contributed by atoms with Crippen molar-refractivity contribution >= 4 is 11.6 Å². The number of hydrogen-bond acceptors (Lipinski definition) is 3. The van der Waals surface area contributed by atoms with Crippen molar-refractivity contribution in [2.45, 2.75) is 13.8 Å². The first-order valence-electron chi connectivity index (χ1n) is 7.68. The van der Waals surface area contributed by atoms with Crippen molar-refractivity contribution < 1.29 is 9.53 Å². The van der Waals surface area contributed by atoms with Crippen LogP contribution in [0.2, 0.25) is 0 Å². The lowest BCUT2D eigenvalue weighted by molar-refractivity contribution is 0.102. The van der Waals surface area contributed by atoms with E-state index in [2.05, 4.69) is 24.1 Å². The maximum Gasteiger partial charge on any atom is 0.255 e. The van der Waals surface area contributed by atoms with Gasteiger partial charge in [-0.15, -0.1) is 0 Å². The zero-order valence-electron chi connectivity index (χ0n) is 13.6. The molecule has 1 N–H and O–H groups in total. The molecular formula is C20H18N2O2. The lowest BCUT2D eigenvalue weighted by Crippen LogP contribution is -2.11. The summed E-state index contributed by atoms with van der Waals surface area (Å²) in [5, 5.41) is 2.84. The average molecular weight is 318 g/mol. The lowest BCUT2D eigenvalue weighted by Gasteiger charge is -2.09. The molecule has 1 amide bonds. The highest BCUT2D eigenvalue weighted by Crippen LogP contribution is 2.25. The highest BCUT2D eigenvalue weighted by Gasteiger charge is 2.06. The lowest BCUT2D eigenvalue weighted by atomic mass is 10.1. The summed E-state index contributed by atoms with van der Waals surface area (Å²) in [6, 6.07) is 16.6. The van der Waals surface area contributed by atoms with Crippen LogP contribution in [0.15, 0.2) is 67.0 Å². The van der Waals surface area contributed by atoms with Gasteiger partial charge in [0.15, 0.2) is 0 Å². The molecule has 4 nitrogen and oxygen atoms in total. The summed E-state index contributed by atoms with van der Waals surface area (Å²) in [4.78, 5) is 16.0. The number of pyridine rings is 1. The van der Waals surface area contributed by atoms with Gasteiger partial charge >= 0.3 is 0 Å². The molecule has 0 aliphatic heterocycles. The van der Waals surface area contributed by atoms with Gasteiger partial charge in [-0.25, -0.2) is 0 Å². The second-order valence-electron chi connectivity index (χ2n) is 5.56. The van der Waals surface area contributed by atoms with Gasteiger partial charge in [0.2, 0.25) is 0 Å². The number of hydrogen-bond donors (Lipinski definition) is 1. The Morgan fingerprint density at radius 3 is 2.21 bits per heavy atom. The molecule has 3 aromatic rings. The van der Waals surface area contributed by atoms with E-state index in [1.807, 2.05) is 42.5 Å². The van der Waals surface area contributed by atoms with Gasteiger partial charge in [0.1, 0.15) is 11.5 Å². The summed E-state index contributed by atoms with van der Waals surface area (Å²) in [7, 11) is 0. The van der Waals surface area contributed by atoms with Crippen LogP contribution < -0.4 is 10.1 Å². The van der Waals surface area contributed by atoms with Crippen LogP contribution in [0.4, 0.5) is 5.69 Å². The number of rotatable bonds is 4. The Kier molecular flexibility index (Phi) is 4.57. The van der Waals surface area contributed by atoms with Gasteiger partial charge < -0.3 is 10.1 Å². The van der Waals surface area contributed by atoms with Gasteiger partial charge in [-0.1, -0.05) is 6.07 Å². The molecule has 0 fully saturated rings. The summed E-state index contributed by atoms with van der Waals surface area (Å²) >= 11 is 0. The maximum atomic E-state index is 12.1. The summed E-state index contributed by atoms with van der Waals surface area (Å²) < 4.78 is 5.84. The largest absolute Gasteiger partial charge is 0.457 e. The molecule has 0 unspecified atom stereocenters. The van der Waals surface area contributed by atoms with E-state index in [1.54, 1.807) is 24.5 Å². The number of nitrogens with zero attached hydrogens (tertiary/aromatic N) is 1. The van der Waals surface area contributed by atoms with Crippen LogP contribution >= 0.6 is 0 Å². The minimum Gasteiger partial charge on any atom is -0.457 e. The number of benzene rings is 2. The fourth-order valence-corrected chi connectivity index (χ4v) is 2.23. The molecule has 0 saturated carbocycles. The molecule has 24 heavy (non-hydrogen) atoms. The van der Waals surface area contributed by atoms with Crippen LogP contribution in [0.5, 0.6) is 11.5 Å². The molecule has 0 atom stereocenters. The normalized spacial score (nSPS) is 10.2. The van der Waals surface area contributed by atoms with E-state index in [-0.39, 0.29) is 5.91 Å². The third-order valence-corrected chi connectivity index (χ3v) is 3.77. The maximum absolute atomic E-state index is 12.1. The van der Waals surface area contributed by atoms with E-state index in [1.165, 1.54) is 11.1 Å². The summed E-state index contributed by atoms with van der Waals surface area (Å²) in [6.07, 6.45) is 3.19. The number of aryl methyl sites for hydroxylation is 2. The monoisotopic (exact) mass is 318 g/mol. The number of amides is 1. The average Bonchev–Trinajstić information content (AvgIpc) is 2.61. The van der Waals surface area contributed by atoms with Crippen LogP contribution in [0.1, 0.15) is 21.5 Å². The molecule has 1 heterocycles. The van der Waals surface area contributed by atoms with E-state index in [0.29, 0.717) is 11.3 Å². The van der Waals surface area contributed by atoms with Crippen molar-refractivity contribution in [2.24, 2.45) is 0 Å². The number of carbonyl (C=O) groups is 1. The number of nitrogens with one attached hydrogen (secondary N) is 1. The van der Waals surface area contributed by atoms with Crippen molar-refractivity contribution in [3.05, 3.63) is 83.7 Å². The van der Waals surface area contributed by atoms with Gasteiger partial charge in [0.05, 0.1) is 0 Å². The molecule has 0 bridgehead atoms. The summed E-state index contributed by atoms with van der Waals surface area (Å²) in [5.74, 6) is 1.35. The Morgan fingerprint density at radius 1 is 0.875 bits per heavy atom. The molecule has 0 saturated heterocycles. The van der Waals surface area contributed by atoms with Crippen LogP contribution in [0.3, 0.4) is 0 Å². The topological polar surface area (TPSA) is 51.2 Å². The second-order valence-corrected chi connectivity index (χ2v) is 5.56. The van der Waals surface area contributed by atoms with Gasteiger partial charge in [0.25, 0.3) is 5.91 Å². The Bertz CT molecular complexity index is 843. The van der Waals surface area contributed by atoms with Crippen molar-refractivity contribution in [1.29, 1.82) is 0 Å². The number of aromatic nitrogens is 1. The molecule has 0 aliphatic rings. The van der Waals surface area contributed by atoms with E-state index in [9.17, 15) is 4.79 Å². The van der Waals surface area contributed by atoms with Crippen LogP contribution in [-0.4, -0.2) is 10.9 Å². The predicted octanol–water partition coefficient (Wildman–Crippen LogP) is 4.74. The molecule has 4 heteroatoms. The zero-order chi connectivity index (χ0) is 16.9. The first-order chi connectivity index (χ1) is 11.6.